The van der Waals surface area contributed by atoms with Gasteiger partial charge >= 0.3 is 0 Å². The molecule has 33 heavy (non-hydrogen) atoms. The summed E-state index contributed by atoms with van der Waals surface area (Å²) in [4.78, 5) is 3.35. The molecule has 0 bridgehead atoms. The zero-order valence-corrected chi connectivity index (χ0v) is 20.6. The largest absolute Gasteiger partial charge is 0.361 e. The average molecular weight is 510 g/mol. The maximum atomic E-state index is 13.3. The number of aromatic nitrogens is 1. The number of anilines is 1. The van der Waals surface area contributed by atoms with Crippen LogP contribution < -0.4 is 10.7 Å². The molecule has 11 heteroatoms. The highest BCUT2D eigenvalue weighted by Crippen LogP contribution is 2.24. The van der Waals surface area contributed by atoms with Crippen molar-refractivity contribution in [3.05, 3.63) is 59.0 Å². The third-order valence-electron chi connectivity index (χ3n) is 4.82. The van der Waals surface area contributed by atoms with Crippen LogP contribution in [0.5, 0.6) is 0 Å². The molecule has 3 N–H and O–H groups in total. The molecule has 0 radical (unpaired) electrons. The number of hydrogen-bond donors (Lipinski definition) is 3. The van der Waals surface area contributed by atoms with Gasteiger partial charge in [-0.25, -0.2) is 12.8 Å². The van der Waals surface area contributed by atoms with Gasteiger partial charge in [0, 0.05) is 41.4 Å². The minimum atomic E-state index is -3.60. The molecule has 3 rings (SSSR count). The van der Waals surface area contributed by atoms with Gasteiger partial charge < -0.3 is 10.3 Å². The van der Waals surface area contributed by atoms with E-state index in [0.717, 1.165) is 23.7 Å². The molecule has 176 valence electrons. The molecule has 0 aliphatic carbocycles. The predicted octanol–water partition coefficient (Wildman–Crippen LogP) is 5.09. The Morgan fingerprint density at radius 3 is 2.61 bits per heavy atom. The third kappa shape index (κ3) is 6.08. The van der Waals surface area contributed by atoms with E-state index in [1.807, 2.05) is 13.8 Å². The number of nitrogens with one attached hydrogen (secondary N) is 3. The highest BCUT2D eigenvalue weighted by Gasteiger charge is 2.23. The molecule has 0 aliphatic heterocycles. The molecule has 0 saturated heterocycles. The Hall–Kier alpha value is -2.53. The number of H-pyrrole nitrogens is 1. The maximum Gasteiger partial charge on any atom is 0.243 e. The molecule has 1 heterocycles. The Bertz CT molecular complexity index is 1270. The maximum absolute atomic E-state index is 13.3. The van der Waals surface area contributed by atoms with Gasteiger partial charge in [-0.2, -0.15) is 9.41 Å². The Morgan fingerprint density at radius 1 is 1.21 bits per heavy atom. The lowest BCUT2D eigenvalue weighted by Crippen LogP contribution is -2.32. The summed E-state index contributed by atoms with van der Waals surface area (Å²) in [5.41, 5.74) is 4.67. The topological polar surface area (TPSA) is 89.6 Å². The van der Waals surface area contributed by atoms with Crippen molar-refractivity contribution in [3.8, 4) is 0 Å². The Labute approximate surface area is 203 Å². The lowest BCUT2D eigenvalue weighted by Gasteiger charge is -2.21. The van der Waals surface area contributed by atoms with Crippen molar-refractivity contribution in [2.24, 2.45) is 5.10 Å². The van der Waals surface area contributed by atoms with Gasteiger partial charge in [0.2, 0.25) is 10.0 Å². The molecule has 0 unspecified atom stereocenters. The summed E-state index contributed by atoms with van der Waals surface area (Å²) in [5, 5.41) is 7.86. The fourth-order valence-corrected chi connectivity index (χ4v) is 5.28. The van der Waals surface area contributed by atoms with E-state index in [2.05, 4.69) is 20.8 Å². The molecule has 1 aromatic heterocycles. The number of fused-ring (bicyclic) bond motifs is 1. The van der Waals surface area contributed by atoms with Gasteiger partial charge in [0.15, 0.2) is 5.11 Å². The van der Waals surface area contributed by atoms with E-state index < -0.39 is 15.8 Å². The van der Waals surface area contributed by atoms with Crippen LogP contribution in [0.1, 0.15) is 32.3 Å². The SMILES string of the molecule is CCCN(CCC)S(=O)(=O)c1ccc2[nH]cc(/C=N/NC(=S)Nc3ccc(F)c(Cl)c3)c2c1. The number of halogens is 2. The van der Waals surface area contributed by atoms with E-state index >= 15 is 0 Å². The van der Waals surface area contributed by atoms with E-state index in [1.165, 1.54) is 28.7 Å². The molecule has 0 spiro atoms. The first-order valence-corrected chi connectivity index (χ1v) is 12.6. The fraction of sp³-hybridized carbons (Fsp3) is 0.273. The standard InChI is InChI=1S/C22H25ClFN5O2S2/c1-3-9-29(10-4-2)33(30,31)17-6-8-21-18(12-17)15(13-25-21)14-26-28-22(32)27-16-5-7-20(24)19(23)11-16/h5-8,11-14,25H,3-4,9-10H2,1-2H3,(H2,27,28,32)/b26-14+. The summed E-state index contributed by atoms with van der Waals surface area (Å²) in [6, 6.07) is 9.15. The van der Waals surface area contributed by atoms with Crippen molar-refractivity contribution >= 4 is 61.8 Å². The van der Waals surface area contributed by atoms with Crippen molar-refractivity contribution < 1.29 is 12.8 Å². The molecular weight excluding hydrogens is 485 g/mol. The first kappa shape index (κ1) is 25.1. The van der Waals surface area contributed by atoms with Crippen molar-refractivity contribution in [1.29, 1.82) is 0 Å². The summed E-state index contributed by atoms with van der Waals surface area (Å²) in [7, 11) is -3.60. The van der Waals surface area contributed by atoms with Gasteiger partial charge in [-0.3, -0.25) is 5.43 Å². The number of thiocarbonyl (C=S) groups is 1. The Balaban J connectivity index is 1.76. The molecule has 0 atom stereocenters. The third-order valence-corrected chi connectivity index (χ3v) is 7.19. The first-order valence-electron chi connectivity index (χ1n) is 10.4. The number of rotatable bonds is 9. The second-order valence-corrected chi connectivity index (χ2v) is 10.1. The van der Waals surface area contributed by atoms with Crippen molar-refractivity contribution in [3.63, 3.8) is 0 Å². The number of hydrogen-bond acceptors (Lipinski definition) is 4. The quantitative estimate of drug-likeness (QED) is 0.212. The molecule has 0 saturated carbocycles. The molecule has 7 nitrogen and oxygen atoms in total. The van der Waals surface area contributed by atoms with Crippen LogP contribution in [-0.4, -0.2) is 42.1 Å². The van der Waals surface area contributed by atoms with Gasteiger partial charge in [0.1, 0.15) is 5.82 Å². The average Bonchev–Trinajstić information content (AvgIpc) is 3.18. The molecular formula is C22H25ClFN5O2S2. The zero-order chi connectivity index (χ0) is 24.0. The first-order chi connectivity index (χ1) is 15.8. The molecule has 0 amide bonds. The lowest BCUT2D eigenvalue weighted by molar-refractivity contribution is 0.410. The molecule has 0 aliphatic rings. The molecule has 2 aromatic carbocycles. The van der Waals surface area contributed by atoms with Gasteiger partial charge in [-0.05, 0) is 61.5 Å². The highest BCUT2D eigenvalue weighted by molar-refractivity contribution is 7.89. The number of benzene rings is 2. The van der Waals surface area contributed by atoms with E-state index in [1.54, 1.807) is 24.4 Å². The Kier molecular flexibility index (Phi) is 8.41. The summed E-state index contributed by atoms with van der Waals surface area (Å²) in [6.45, 7) is 4.87. The lowest BCUT2D eigenvalue weighted by atomic mass is 10.2. The van der Waals surface area contributed by atoms with Crippen LogP contribution in [0.4, 0.5) is 10.1 Å². The number of aromatic amines is 1. The smallest absolute Gasteiger partial charge is 0.243 e. The van der Waals surface area contributed by atoms with E-state index in [4.69, 9.17) is 23.8 Å². The zero-order valence-electron chi connectivity index (χ0n) is 18.2. The van der Waals surface area contributed by atoms with Crippen molar-refractivity contribution in [2.75, 3.05) is 18.4 Å². The van der Waals surface area contributed by atoms with Crippen molar-refractivity contribution in [2.45, 2.75) is 31.6 Å². The van der Waals surface area contributed by atoms with Gasteiger partial charge in [-0.1, -0.05) is 25.4 Å². The molecule has 0 fully saturated rings. The van der Waals surface area contributed by atoms with Gasteiger partial charge in [0.25, 0.3) is 0 Å². The van der Waals surface area contributed by atoms with E-state index in [0.29, 0.717) is 24.3 Å². The van der Waals surface area contributed by atoms with Crippen LogP contribution in [-0.2, 0) is 10.0 Å². The van der Waals surface area contributed by atoms with Gasteiger partial charge in [0.05, 0.1) is 16.1 Å². The number of hydrazone groups is 1. The summed E-state index contributed by atoms with van der Waals surface area (Å²) < 4.78 is 41.0. The Morgan fingerprint density at radius 2 is 1.94 bits per heavy atom. The van der Waals surface area contributed by atoms with Crippen LogP contribution in [0, 0.1) is 5.82 Å². The monoisotopic (exact) mass is 509 g/mol. The van der Waals surface area contributed by atoms with Gasteiger partial charge in [-0.15, -0.1) is 0 Å². The predicted molar refractivity (Wildman–Crippen MR) is 136 cm³/mol. The van der Waals surface area contributed by atoms with Crippen molar-refractivity contribution in [1.82, 2.24) is 14.7 Å². The second-order valence-electron chi connectivity index (χ2n) is 7.31. The summed E-state index contributed by atoms with van der Waals surface area (Å²) in [5.74, 6) is -0.521. The number of sulfonamides is 1. The fourth-order valence-electron chi connectivity index (χ4n) is 3.28. The van der Waals surface area contributed by atoms with E-state index in [-0.39, 0.29) is 15.0 Å². The van der Waals surface area contributed by atoms with Crippen LogP contribution in [0.25, 0.3) is 10.9 Å². The normalized spacial score (nSPS) is 12.0. The second kappa shape index (κ2) is 11.1. The summed E-state index contributed by atoms with van der Waals surface area (Å²) in [6.07, 6.45) is 4.76. The highest BCUT2D eigenvalue weighted by atomic mass is 35.5. The summed E-state index contributed by atoms with van der Waals surface area (Å²) >= 11 is 11.0. The minimum Gasteiger partial charge on any atom is -0.361 e. The van der Waals surface area contributed by atoms with Crippen LogP contribution in [0.3, 0.4) is 0 Å². The van der Waals surface area contributed by atoms with Crippen LogP contribution in [0.2, 0.25) is 5.02 Å². The van der Waals surface area contributed by atoms with E-state index in [9.17, 15) is 12.8 Å². The van der Waals surface area contributed by atoms with Crippen LogP contribution >= 0.6 is 23.8 Å². The van der Waals surface area contributed by atoms with Crippen LogP contribution in [0.15, 0.2) is 52.6 Å². The minimum absolute atomic E-state index is 0.0210. The number of nitrogens with zero attached hydrogens (tertiary/aromatic N) is 2. The molecule has 3 aromatic rings.